The summed E-state index contributed by atoms with van der Waals surface area (Å²) in [5, 5.41) is 10.3. The van der Waals surface area contributed by atoms with Gasteiger partial charge in [-0.1, -0.05) is 24.6 Å². The molecule has 33 heavy (non-hydrogen) atoms. The second kappa shape index (κ2) is 10.0. The summed E-state index contributed by atoms with van der Waals surface area (Å²) in [6.45, 7) is 3.18. The van der Waals surface area contributed by atoms with E-state index in [1.54, 1.807) is 6.92 Å². The van der Waals surface area contributed by atoms with Crippen LogP contribution in [0.4, 0.5) is 10.5 Å². The normalized spacial score (nSPS) is 15.4. The molecule has 0 aliphatic carbocycles. The molecule has 1 aromatic rings. The number of methoxy groups -OCH3 is 1. The zero-order chi connectivity index (χ0) is 25.2. The van der Waals surface area contributed by atoms with Gasteiger partial charge in [0.15, 0.2) is 15.1 Å². The van der Waals surface area contributed by atoms with Crippen LogP contribution in [0.3, 0.4) is 0 Å². The zero-order valence-electron chi connectivity index (χ0n) is 19.2. The molecular formula is C21H27ClN2O8S. The van der Waals surface area contributed by atoms with E-state index in [-0.39, 0.29) is 29.3 Å². The summed E-state index contributed by atoms with van der Waals surface area (Å²) in [4.78, 5) is 37.7. The van der Waals surface area contributed by atoms with E-state index in [9.17, 15) is 27.9 Å². The average molecular weight is 503 g/mol. The molecule has 0 radical (unpaired) electrons. The molecule has 2 N–H and O–H groups in total. The van der Waals surface area contributed by atoms with Gasteiger partial charge in [-0.15, -0.1) is 0 Å². The van der Waals surface area contributed by atoms with Crippen molar-refractivity contribution in [2.75, 3.05) is 32.8 Å². The monoisotopic (exact) mass is 502 g/mol. The maximum atomic E-state index is 12.5. The number of nitrogens with zero attached hydrogens (tertiary/aromatic N) is 1. The van der Waals surface area contributed by atoms with Crippen LogP contribution in [0.2, 0.25) is 0 Å². The van der Waals surface area contributed by atoms with Crippen molar-refractivity contribution in [2.24, 2.45) is 5.92 Å². The summed E-state index contributed by atoms with van der Waals surface area (Å²) >= 11 is 6.32. The topological polar surface area (TPSA) is 139 Å². The summed E-state index contributed by atoms with van der Waals surface area (Å²) in [6.07, 6.45) is 2.30. The summed E-state index contributed by atoms with van der Waals surface area (Å²) in [5.74, 6) is -2.75. The Morgan fingerprint density at radius 1 is 1.36 bits per heavy atom. The minimum atomic E-state index is -3.93. The number of ether oxygens (including phenoxy) is 2. The molecule has 0 bridgehead atoms. The molecule has 12 heteroatoms. The Morgan fingerprint density at radius 3 is 2.45 bits per heavy atom. The first-order chi connectivity index (χ1) is 15.2. The predicted molar refractivity (Wildman–Crippen MR) is 123 cm³/mol. The van der Waals surface area contributed by atoms with Gasteiger partial charge in [0.1, 0.15) is 12.4 Å². The lowest BCUT2D eigenvalue weighted by atomic mass is 9.93. The van der Waals surface area contributed by atoms with Crippen LogP contribution in [-0.4, -0.2) is 69.1 Å². The van der Waals surface area contributed by atoms with Crippen molar-refractivity contribution in [1.29, 1.82) is 0 Å². The lowest BCUT2D eigenvalue weighted by molar-refractivity contribution is -0.137. The van der Waals surface area contributed by atoms with E-state index in [0.29, 0.717) is 22.4 Å². The number of esters is 1. The number of aliphatic carboxylic acids is 1. The Labute approximate surface area is 197 Å². The van der Waals surface area contributed by atoms with E-state index < -0.39 is 39.0 Å². The number of carbonyl (C=O) groups excluding carboxylic acids is 2. The number of carboxylic acids is 1. The maximum Gasteiger partial charge on any atom is 0.341 e. The molecule has 182 valence electrons. The van der Waals surface area contributed by atoms with Gasteiger partial charge in [0.2, 0.25) is 0 Å². The van der Waals surface area contributed by atoms with Gasteiger partial charge >= 0.3 is 18.0 Å². The van der Waals surface area contributed by atoms with E-state index in [0.717, 1.165) is 6.26 Å². The van der Waals surface area contributed by atoms with Crippen LogP contribution in [0.1, 0.15) is 34.0 Å². The Hall–Kier alpha value is -2.79. The van der Waals surface area contributed by atoms with Crippen molar-refractivity contribution in [3.8, 4) is 5.75 Å². The van der Waals surface area contributed by atoms with Crippen LogP contribution in [-0.2, 0) is 32.4 Å². The number of cyclic esters (lactones) is 1. The third-order valence-electron chi connectivity index (χ3n) is 5.41. The Balaban J connectivity index is 2.62. The molecule has 2 atom stereocenters. The van der Waals surface area contributed by atoms with E-state index in [1.165, 1.54) is 39.1 Å². The highest BCUT2D eigenvalue weighted by molar-refractivity contribution is 7.92. The van der Waals surface area contributed by atoms with Crippen LogP contribution in [0.15, 0.2) is 11.1 Å². The number of urea groups is 1. The van der Waals surface area contributed by atoms with Gasteiger partial charge in [0.25, 0.3) is 0 Å². The number of sulfone groups is 1. The lowest BCUT2D eigenvalue weighted by Gasteiger charge is -2.22. The molecule has 1 heterocycles. The number of hydrogen-bond donors (Lipinski definition) is 2. The second-order valence-corrected chi connectivity index (χ2v) is 10.5. The number of benzene rings is 1. The predicted octanol–water partition coefficient (Wildman–Crippen LogP) is 2.57. The van der Waals surface area contributed by atoms with Crippen LogP contribution in [0.5, 0.6) is 5.75 Å². The summed E-state index contributed by atoms with van der Waals surface area (Å²) < 4.78 is 34.6. The lowest BCUT2D eigenvalue weighted by Crippen LogP contribution is -2.35. The second-order valence-electron chi connectivity index (χ2n) is 7.94. The highest BCUT2D eigenvalue weighted by Crippen LogP contribution is 2.41. The molecule has 0 fully saturated rings. The molecule has 2 rings (SSSR count). The zero-order valence-corrected chi connectivity index (χ0v) is 20.8. The third-order valence-corrected chi connectivity index (χ3v) is 7.44. The van der Waals surface area contributed by atoms with Crippen LogP contribution in [0, 0.1) is 12.8 Å². The molecule has 2 unspecified atom stereocenters. The maximum absolute atomic E-state index is 12.5. The molecule has 0 spiro atoms. The van der Waals surface area contributed by atoms with Crippen LogP contribution >= 0.6 is 11.6 Å². The number of amides is 2. The average Bonchev–Trinajstić information content (AvgIpc) is 3.08. The van der Waals surface area contributed by atoms with Gasteiger partial charge in [0.05, 0.1) is 18.4 Å². The molecule has 10 nitrogen and oxygen atoms in total. The van der Waals surface area contributed by atoms with Gasteiger partial charge < -0.3 is 24.8 Å². The fraction of sp³-hybridized carbons (Fsp3) is 0.476. The fourth-order valence-electron chi connectivity index (χ4n) is 3.71. The van der Waals surface area contributed by atoms with Crippen molar-refractivity contribution in [3.63, 3.8) is 0 Å². The van der Waals surface area contributed by atoms with Gasteiger partial charge in [-0.2, -0.15) is 0 Å². The number of anilines is 1. The van der Waals surface area contributed by atoms with Gasteiger partial charge in [0, 0.05) is 42.4 Å². The quantitative estimate of drug-likeness (QED) is 0.517. The van der Waals surface area contributed by atoms with Crippen LogP contribution in [0.25, 0.3) is 0 Å². The first kappa shape index (κ1) is 26.5. The smallest absolute Gasteiger partial charge is 0.341 e. The number of carbonyl (C=O) groups is 3. The van der Waals surface area contributed by atoms with Gasteiger partial charge in [-0.3, -0.25) is 4.79 Å². The highest BCUT2D eigenvalue weighted by Gasteiger charge is 2.36. The largest absolute Gasteiger partial charge is 0.496 e. The first-order valence-electron chi connectivity index (χ1n) is 9.87. The molecule has 0 saturated carbocycles. The van der Waals surface area contributed by atoms with E-state index in [4.69, 9.17) is 21.1 Å². The van der Waals surface area contributed by atoms with E-state index in [2.05, 4.69) is 5.32 Å². The van der Waals surface area contributed by atoms with Crippen molar-refractivity contribution in [1.82, 2.24) is 4.90 Å². The highest BCUT2D eigenvalue weighted by atomic mass is 35.5. The van der Waals surface area contributed by atoms with Crippen molar-refractivity contribution < 1.29 is 37.4 Å². The van der Waals surface area contributed by atoms with Crippen molar-refractivity contribution >= 4 is 45.1 Å². The number of carboxylic acid groups (broad SMARTS) is 1. The van der Waals surface area contributed by atoms with E-state index in [1.807, 2.05) is 0 Å². The molecule has 1 aromatic carbocycles. The molecule has 1 aliphatic rings. The molecule has 0 aromatic heterocycles. The number of rotatable bonds is 8. The molecular weight excluding hydrogens is 476 g/mol. The SMILES string of the molecule is COc1c(C)c2c(c(NC(=O)N(C)C)c1CC=C(Cl)C(C)C(C(=O)O)S(C)(=O)=O)C(=O)OC2. The summed E-state index contributed by atoms with van der Waals surface area (Å²) in [7, 11) is 0.576. The number of allylic oxidation sites excluding steroid dienone is 2. The Bertz CT molecular complexity index is 1130. The Kier molecular flexibility index (Phi) is 8.02. The van der Waals surface area contributed by atoms with Crippen LogP contribution < -0.4 is 10.1 Å². The Morgan fingerprint density at radius 2 is 1.97 bits per heavy atom. The van der Waals surface area contributed by atoms with Gasteiger partial charge in [-0.25, -0.2) is 18.0 Å². The minimum Gasteiger partial charge on any atom is -0.496 e. The molecule has 1 aliphatic heterocycles. The number of halogens is 1. The number of nitrogens with one attached hydrogen (secondary N) is 1. The molecule has 0 saturated heterocycles. The number of hydrogen-bond acceptors (Lipinski definition) is 7. The number of fused-ring (bicyclic) bond motifs is 1. The van der Waals surface area contributed by atoms with E-state index >= 15 is 0 Å². The minimum absolute atomic E-state index is 0.000456. The first-order valence-corrected chi connectivity index (χ1v) is 12.2. The van der Waals surface area contributed by atoms with Gasteiger partial charge in [-0.05, 0) is 18.9 Å². The third kappa shape index (κ3) is 5.41. The van der Waals surface area contributed by atoms with Crippen molar-refractivity contribution in [3.05, 3.63) is 33.4 Å². The summed E-state index contributed by atoms with van der Waals surface area (Å²) in [5.41, 5.74) is 2.05. The molecule has 2 amide bonds. The van der Waals surface area contributed by atoms with Crippen molar-refractivity contribution in [2.45, 2.75) is 32.1 Å². The standard InChI is InChI=1S/C21H27ClN2O8S/c1-10-13-9-32-20(27)15(13)16(23-21(28)24(3)4)12(17(10)31-5)7-8-14(22)11(2)18(19(25)26)33(6,29)30/h8,11,18H,7,9H2,1-6H3,(H,23,28)(H,25,26). The fourth-order valence-corrected chi connectivity index (χ4v) is 5.24. The summed E-state index contributed by atoms with van der Waals surface area (Å²) in [6, 6.07) is -0.490.